The first-order valence-corrected chi connectivity index (χ1v) is 8.88. The fourth-order valence-corrected chi connectivity index (χ4v) is 3.68. The van der Waals surface area contributed by atoms with Crippen LogP contribution in [0.2, 0.25) is 0 Å². The molecular formula is C21H22FN3O. The summed E-state index contributed by atoms with van der Waals surface area (Å²) in [5, 5.41) is 11.9. The van der Waals surface area contributed by atoms with Crippen molar-refractivity contribution in [1.29, 1.82) is 0 Å². The van der Waals surface area contributed by atoms with E-state index in [9.17, 15) is 9.50 Å². The highest BCUT2D eigenvalue weighted by atomic mass is 19.1. The molecule has 1 fully saturated rings. The summed E-state index contributed by atoms with van der Waals surface area (Å²) in [6.07, 6.45) is 1.69. The molecule has 0 aliphatic carbocycles. The number of benzene rings is 2. The van der Waals surface area contributed by atoms with Gasteiger partial charge in [0.25, 0.3) is 0 Å². The number of aromatic hydroxyl groups is 1. The number of nitrogens with zero attached hydrogens (tertiary/aromatic N) is 3. The van der Waals surface area contributed by atoms with Crippen molar-refractivity contribution in [2.75, 3.05) is 33.2 Å². The normalized spacial score (nSPS) is 17.5. The van der Waals surface area contributed by atoms with Gasteiger partial charge in [-0.1, -0.05) is 30.3 Å². The van der Waals surface area contributed by atoms with Gasteiger partial charge in [-0.15, -0.1) is 0 Å². The van der Waals surface area contributed by atoms with Crippen LogP contribution < -0.4 is 0 Å². The van der Waals surface area contributed by atoms with Gasteiger partial charge in [-0.05, 0) is 30.8 Å². The van der Waals surface area contributed by atoms with Crippen LogP contribution in [-0.4, -0.2) is 53.1 Å². The average Bonchev–Trinajstić information content (AvgIpc) is 2.67. The number of hydrogen-bond acceptors (Lipinski definition) is 4. The van der Waals surface area contributed by atoms with Crippen LogP contribution in [0.4, 0.5) is 4.39 Å². The molecular weight excluding hydrogens is 329 g/mol. The molecule has 0 bridgehead atoms. The van der Waals surface area contributed by atoms with Gasteiger partial charge in [0.1, 0.15) is 17.1 Å². The maximum absolute atomic E-state index is 13.5. The van der Waals surface area contributed by atoms with E-state index in [1.165, 1.54) is 12.1 Å². The van der Waals surface area contributed by atoms with E-state index in [4.69, 9.17) is 0 Å². The Morgan fingerprint density at radius 1 is 1.00 bits per heavy atom. The molecule has 26 heavy (non-hydrogen) atoms. The van der Waals surface area contributed by atoms with Gasteiger partial charge in [0.2, 0.25) is 0 Å². The van der Waals surface area contributed by atoms with Gasteiger partial charge >= 0.3 is 0 Å². The van der Waals surface area contributed by atoms with Gasteiger partial charge in [0.05, 0.1) is 6.04 Å². The number of halogens is 1. The number of pyridine rings is 1. The largest absolute Gasteiger partial charge is 0.505 e. The van der Waals surface area contributed by atoms with Crippen LogP contribution in [0.5, 0.6) is 5.75 Å². The molecule has 134 valence electrons. The number of piperazine rings is 1. The average molecular weight is 351 g/mol. The van der Waals surface area contributed by atoms with Crippen LogP contribution in [0.25, 0.3) is 10.9 Å². The maximum atomic E-state index is 13.5. The zero-order valence-corrected chi connectivity index (χ0v) is 14.8. The highest BCUT2D eigenvalue weighted by Crippen LogP contribution is 2.38. The first-order valence-electron chi connectivity index (χ1n) is 8.88. The van der Waals surface area contributed by atoms with Gasteiger partial charge in [-0.25, -0.2) is 4.39 Å². The third-order valence-electron chi connectivity index (χ3n) is 5.16. The van der Waals surface area contributed by atoms with Gasteiger partial charge in [0.15, 0.2) is 0 Å². The SMILES string of the molecule is CN1CCN([C@@H](c2ccc(F)cc2)c2ccc3cccnc3c2O)CC1. The van der Waals surface area contributed by atoms with Gasteiger partial charge in [-0.2, -0.15) is 0 Å². The van der Waals surface area contributed by atoms with E-state index in [1.54, 1.807) is 18.3 Å². The van der Waals surface area contributed by atoms with Crippen molar-refractivity contribution in [2.24, 2.45) is 0 Å². The first kappa shape index (κ1) is 16.9. The van der Waals surface area contributed by atoms with E-state index in [2.05, 4.69) is 21.8 Å². The number of fused-ring (bicyclic) bond motifs is 1. The van der Waals surface area contributed by atoms with E-state index in [1.807, 2.05) is 24.3 Å². The number of aromatic nitrogens is 1. The zero-order valence-electron chi connectivity index (χ0n) is 14.8. The third kappa shape index (κ3) is 3.16. The molecule has 4 nitrogen and oxygen atoms in total. The molecule has 3 aromatic rings. The molecule has 0 radical (unpaired) electrons. The van der Waals surface area contributed by atoms with Crippen molar-refractivity contribution in [3.8, 4) is 5.75 Å². The van der Waals surface area contributed by atoms with Crippen molar-refractivity contribution >= 4 is 10.9 Å². The van der Waals surface area contributed by atoms with Crippen LogP contribution >= 0.6 is 0 Å². The van der Waals surface area contributed by atoms with E-state index in [-0.39, 0.29) is 17.6 Å². The monoisotopic (exact) mass is 351 g/mol. The van der Waals surface area contributed by atoms with Crippen LogP contribution in [-0.2, 0) is 0 Å². The Labute approximate surface area is 152 Å². The van der Waals surface area contributed by atoms with E-state index in [0.717, 1.165) is 42.7 Å². The van der Waals surface area contributed by atoms with Crippen molar-refractivity contribution in [3.63, 3.8) is 0 Å². The van der Waals surface area contributed by atoms with Crippen molar-refractivity contribution in [3.05, 3.63) is 71.7 Å². The van der Waals surface area contributed by atoms with E-state index >= 15 is 0 Å². The summed E-state index contributed by atoms with van der Waals surface area (Å²) in [6.45, 7) is 3.70. The highest BCUT2D eigenvalue weighted by Gasteiger charge is 2.28. The Morgan fingerprint density at radius 2 is 1.73 bits per heavy atom. The number of phenolic OH excluding ortho intramolecular Hbond substituents is 1. The fourth-order valence-electron chi connectivity index (χ4n) is 3.68. The lowest BCUT2D eigenvalue weighted by atomic mass is 9.94. The predicted molar refractivity (Wildman–Crippen MR) is 101 cm³/mol. The van der Waals surface area contributed by atoms with Crippen molar-refractivity contribution < 1.29 is 9.50 Å². The van der Waals surface area contributed by atoms with Crippen molar-refractivity contribution in [2.45, 2.75) is 6.04 Å². The molecule has 0 spiro atoms. The molecule has 5 heteroatoms. The quantitative estimate of drug-likeness (QED) is 0.785. The molecule has 4 rings (SSSR count). The zero-order chi connectivity index (χ0) is 18.1. The highest BCUT2D eigenvalue weighted by molar-refractivity contribution is 5.85. The minimum absolute atomic E-state index is 0.129. The minimum Gasteiger partial charge on any atom is -0.505 e. The molecule has 2 aromatic carbocycles. The van der Waals surface area contributed by atoms with Gasteiger partial charge < -0.3 is 10.0 Å². The Kier molecular flexibility index (Phi) is 4.57. The lowest BCUT2D eigenvalue weighted by Crippen LogP contribution is -2.46. The summed E-state index contributed by atoms with van der Waals surface area (Å²) in [5.41, 5.74) is 2.39. The first-order chi connectivity index (χ1) is 12.6. The summed E-state index contributed by atoms with van der Waals surface area (Å²) in [6, 6.07) is 14.2. The fraction of sp³-hybridized carbons (Fsp3) is 0.286. The number of likely N-dealkylation sites (N-methyl/N-ethyl adjacent to an activating group) is 1. The van der Waals surface area contributed by atoms with E-state index < -0.39 is 0 Å². The molecule has 1 aliphatic heterocycles. The molecule has 1 aliphatic rings. The second-order valence-corrected chi connectivity index (χ2v) is 6.87. The number of hydrogen-bond donors (Lipinski definition) is 1. The van der Waals surface area contributed by atoms with Crippen LogP contribution in [0.1, 0.15) is 17.2 Å². The van der Waals surface area contributed by atoms with Gasteiger partial charge in [0, 0.05) is 43.3 Å². The second kappa shape index (κ2) is 7.02. The van der Waals surface area contributed by atoms with Crippen LogP contribution in [0, 0.1) is 5.82 Å². The standard InChI is InChI=1S/C21H22FN3O/c1-24-11-13-25(14-12-24)20(16-4-7-17(22)8-5-16)18-9-6-15-3-2-10-23-19(15)21(18)26/h2-10,20,26H,11-14H2,1H3/t20-/m0/s1. The van der Waals surface area contributed by atoms with Crippen LogP contribution in [0.15, 0.2) is 54.7 Å². The van der Waals surface area contributed by atoms with Gasteiger partial charge in [-0.3, -0.25) is 9.88 Å². The van der Waals surface area contributed by atoms with Crippen molar-refractivity contribution in [1.82, 2.24) is 14.8 Å². The molecule has 0 amide bonds. The summed E-state index contributed by atoms with van der Waals surface area (Å²) >= 11 is 0. The predicted octanol–water partition coefficient (Wildman–Crippen LogP) is 3.42. The summed E-state index contributed by atoms with van der Waals surface area (Å²) < 4.78 is 13.5. The molecule has 0 unspecified atom stereocenters. The smallest absolute Gasteiger partial charge is 0.146 e. The lowest BCUT2D eigenvalue weighted by Gasteiger charge is -2.38. The molecule has 0 saturated carbocycles. The third-order valence-corrected chi connectivity index (χ3v) is 5.16. The Balaban J connectivity index is 1.82. The molecule has 1 N–H and O–H groups in total. The Morgan fingerprint density at radius 3 is 2.46 bits per heavy atom. The van der Waals surface area contributed by atoms with E-state index in [0.29, 0.717) is 5.52 Å². The molecule has 1 aromatic heterocycles. The molecule has 1 atom stereocenters. The minimum atomic E-state index is -0.254. The maximum Gasteiger partial charge on any atom is 0.146 e. The molecule has 1 saturated heterocycles. The summed E-state index contributed by atoms with van der Waals surface area (Å²) in [5.74, 6) is -0.0494. The topological polar surface area (TPSA) is 39.6 Å². The summed E-state index contributed by atoms with van der Waals surface area (Å²) in [7, 11) is 2.11. The number of rotatable bonds is 3. The Hall–Kier alpha value is -2.50. The second-order valence-electron chi connectivity index (χ2n) is 6.87. The number of phenols is 1. The molecule has 2 heterocycles. The lowest BCUT2D eigenvalue weighted by molar-refractivity contribution is 0.126. The Bertz CT molecular complexity index is 905. The van der Waals surface area contributed by atoms with Crippen LogP contribution in [0.3, 0.4) is 0 Å². The summed E-state index contributed by atoms with van der Waals surface area (Å²) in [4.78, 5) is 8.99.